The Morgan fingerprint density at radius 3 is 2.82 bits per heavy atom. The maximum absolute atomic E-state index is 13.8. The van der Waals surface area contributed by atoms with Gasteiger partial charge in [0.1, 0.15) is 11.6 Å². The molecule has 28 heavy (non-hydrogen) atoms. The summed E-state index contributed by atoms with van der Waals surface area (Å²) in [6, 6.07) is 8.42. The molecule has 0 atom stereocenters. The average Bonchev–Trinajstić information content (AvgIpc) is 3.36. The summed E-state index contributed by atoms with van der Waals surface area (Å²) in [4.78, 5) is 17.3. The zero-order chi connectivity index (χ0) is 19.7. The number of pyridine rings is 1. The van der Waals surface area contributed by atoms with Gasteiger partial charge in [-0.2, -0.15) is 10.1 Å². The van der Waals surface area contributed by atoms with Gasteiger partial charge in [0, 0.05) is 29.7 Å². The van der Waals surface area contributed by atoms with Gasteiger partial charge in [0.25, 0.3) is 0 Å². The highest BCUT2D eigenvalue weighted by Gasteiger charge is 2.14. The minimum atomic E-state index is -0.286. The van der Waals surface area contributed by atoms with Crippen molar-refractivity contribution in [3.8, 4) is 22.8 Å². The highest BCUT2D eigenvalue weighted by molar-refractivity contribution is 5.67. The molecule has 1 aromatic carbocycles. The normalized spacial score (nSPS) is 11.0. The molecule has 0 fully saturated rings. The molecule has 3 heterocycles. The van der Waals surface area contributed by atoms with Gasteiger partial charge in [-0.25, -0.2) is 9.18 Å². The first-order chi connectivity index (χ1) is 13.6. The van der Waals surface area contributed by atoms with Crippen LogP contribution >= 0.6 is 0 Å². The van der Waals surface area contributed by atoms with Crippen LogP contribution in [0.3, 0.4) is 0 Å². The Morgan fingerprint density at radius 1 is 1.21 bits per heavy atom. The van der Waals surface area contributed by atoms with Crippen LogP contribution in [0.1, 0.15) is 11.1 Å². The summed E-state index contributed by atoms with van der Waals surface area (Å²) in [6.45, 7) is 1.98. The number of nitrogens with one attached hydrogen (secondary N) is 1. The molecule has 0 aliphatic carbocycles. The molecule has 7 nitrogen and oxygen atoms in total. The van der Waals surface area contributed by atoms with E-state index in [4.69, 9.17) is 4.74 Å². The molecule has 0 unspecified atom stereocenters. The number of methoxy groups -OCH3 is 1. The first-order valence-corrected chi connectivity index (χ1v) is 8.65. The third-order valence-electron chi connectivity index (χ3n) is 4.66. The van der Waals surface area contributed by atoms with E-state index in [2.05, 4.69) is 15.2 Å². The lowest BCUT2D eigenvalue weighted by molar-refractivity contribution is 0.399. The average molecular weight is 379 g/mol. The predicted molar refractivity (Wildman–Crippen MR) is 102 cm³/mol. The van der Waals surface area contributed by atoms with Gasteiger partial charge in [0.2, 0.25) is 5.88 Å². The minimum absolute atomic E-state index is 0.269. The molecule has 4 aromatic rings. The van der Waals surface area contributed by atoms with Gasteiger partial charge >= 0.3 is 5.69 Å². The number of aromatic nitrogens is 5. The fourth-order valence-corrected chi connectivity index (χ4v) is 3.05. The number of imidazole rings is 1. The summed E-state index contributed by atoms with van der Waals surface area (Å²) in [5, 5.41) is 6.68. The Hall–Kier alpha value is -3.68. The molecule has 0 aliphatic rings. The molecule has 3 aromatic heterocycles. The molecule has 142 valence electrons. The van der Waals surface area contributed by atoms with Crippen LogP contribution < -0.4 is 10.4 Å². The lowest BCUT2D eigenvalue weighted by Gasteiger charge is -2.09. The number of nitrogens with zero attached hydrogens (tertiary/aromatic N) is 4. The van der Waals surface area contributed by atoms with Gasteiger partial charge < -0.3 is 4.74 Å². The maximum atomic E-state index is 13.8. The van der Waals surface area contributed by atoms with E-state index in [0.29, 0.717) is 17.3 Å². The fraction of sp³-hybridized carbons (Fsp3) is 0.150. The number of H-pyrrole nitrogens is 1. The second kappa shape index (κ2) is 7.15. The molecule has 0 spiro atoms. The molecular weight excluding hydrogens is 361 g/mol. The number of rotatable bonds is 5. The number of hydrogen-bond donors (Lipinski definition) is 1. The Bertz CT molecular complexity index is 1180. The quantitative estimate of drug-likeness (QED) is 0.578. The van der Waals surface area contributed by atoms with E-state index >= 15 is 0 Å². The van der Waals surface area contributed by atoms with Crippen molar-refractivity contribution in [1.29, 1.82) is 0 Å². The Morgan fingerprint density at radius 2 is 2.07 bits per heavy atom. The number of benzene rings is 1. The molecule has 0 bridgehead atoms. The molecule has 0 radical (unpaired) electrons. The summed E-state index contributed by atoms with van der Waals surface area (Å²) in [7, 11) is 1.52. The van der Waals surface area contributed by atoms with Crippen LogP contribution in [-0.2, 0) is 6.54 Å². The van der Waals surface area contributed by atoms with Gasteiger partial charge in [-0.05, 0) is 36.2 Å². The van der Waals surface area contributed by atoms with E-state index in [1.54, 1.807) is 43.8 Å². The molecule has 8 heteroatoms. The Kier molecular flexibility index (Phi) is 4.52. The zero-order valence-electron chi connectivity index (χ0n) is 15.4. The lowest BCUT2D eigenvalue weighted by atomic mass is 10.1. The van der Waals surface area contributed by atoms with Crippen molar-refractivity contribution in [2.45, 2.75) is 13.5 Å². The van der Waals surface area contributed by atoms with Gasteiger partial charge in [0.05, 0.1) is 19.9 Å². The van der Waals surface area contributed by atoms with Crippen molar-refractivity contribution in [1.82, 2.24) is 24.3 Å². The molecule has 0 saturated carbocycles. The van der Waals surface area contributed by atoms with E-state index in [1.165, 1.54) is 22.3 Å². The van der Waals surface area contributed by atoms with Crippen LogP contribution in [0.2, 0.25) is 0 Å². The number of hydrogen-bond acceptors (Lipinski definition) is 4. The first-order valence-electron chi connectivity index (χ1n) is 8.65. The molecule has 0 saturated heterocycles. The highest BCUT2D eigenvalue weighted by atomic mass is 19.1. The van der Waals surface area contributed by atoms with Crippen molar-refractivity contribution < 1.29 is 9.13 Å². The summed E-state index contributed by atoms with van der Waals surface area (Å²) < 4.78 is 22.1. The minimum Gasteiger partial charge on any atom is -0.480 e. The second-order valence-corrected chi connectivity index (χ2v) is 6.32. The Labute approximate surface area is 160 Å². The van der Waals surface area contributed by atoms with E-state index in [0.717, 1.165) is 16.7 Å². The topological polar surface area (TPSA) is 77.7 Å². The van der Waals surface area contributed by atoms with E-state index in [9.17, 15) is 9.18 Å². The van der Waals surface area contributed by atoms with Crippen LogP contribution in [0.15, 0.2) is 59.9 Å². The standard InChI is InChI=1S/C20H18FN5O2/c1-13-14(4-3-5-17(13)21)12-25-8-9-26(20(25)27)18-7-6-16(19(24-18)28-2)15-10-22-23-11-15/h3-11H,12H2,1-2H3,(H,22,23). The van der Waals surface area contributed by atoms with Gasteiger partial charge in [-0.3, -0.25) is 14.2 Å². The third-order valence-corrected chi connectivity index (χ3v) is 4.66. The Balaban J connectivity index is 1.69. The summed E-state index contributed by atoms with van der Waals surface area (Å²) in [5.41, 5.74) is 2.62. The molecule has 1 N–H and O–H groups in total. The summed E-state index contributed by atoms with van der Waals surface area (Å²) in [5.74, 6) is 0.537. The van der Waals surface area contributed by atoms with Crippen LogP contribution in [0.5, 0.6) is 5.88 Å². The molecular formula is C20H18FN5O2. The van der Waals surface area contributed by atoms with Gasteiger partial charge in [-0.1, -0.05) is 12.1 Å². The van der Waals surface area contributed by atoms with Gasteiger partial charge in [-0.15, -0.1) is 0 Å². The lowest BCUT2D eigenvalue weighted by Crippen LogP contribution is -2.24. The molecule has 0 amide bonds. The van der Waals surface area contributed by atoms with Gasteiger partial charge in [0.15, 0.2) is 0 Å². The maximum Gasteiger partial charge on any atom is 0.334 e. The van der Waals surface area contributed by atoms with Crippen molar-refractivity contribution in [3.63, 3.8) is 0 Å². The van der Waals surface area contributed by atoms with Crippen LogP contribution in [0.25, 0.3) is 16.9 Å². The van der Waals surface area contributed by atoms with Crippen LogP contribution in [-0.4, -0.2) is 31.4 Å². The largest absolute Gasteiger partial charge is 0.480 e. The van der Waals surface area contributed by atoms with Crippen LogP contribution in [0, 0.1) is 12.7 Å². The summed E-state index contributed by atoms with van der Waals surface area (Å²) >= 11 is 0. The number of ether oxygens (including phenoxy) is 1. The van der Waals surface area contributed by atoms with Crippen molar-refractivity contribution in [2.24, 2.45) is 0 Å². The van der Waals surface area contributed by atoms with E-state index in [1.807, 2.05) is 12.1 Å². The monoisotopic (exact) mass is 379 g/mol. The van der Waals surface area contributed by atoms with Crippen molar-refractivity contribution >= 4 is 0 Å². The SMILES string of the molecule is COc1nc(-n2ccn(Cc3cccc(F)c3C)c2=O)ccc1-c1cn[nH]c1. The smallest absolute Gasteiger partial charge is 0.334 e. The van der Waals surface area contributed by atoms with Crippen LogP contribution in [0.4, 0.5) is 4.39 Å². The summed E-state index contributed by atoms with van der Waals surface area (Å²) in [6.07, 6.45) is 6.70. The first kappa shape index (κ1) is 17.7. The number of halogens is 1. The van der Waals surface area contributed by atoms with Crippen molar-refractivity contribution in [3.05, 3.63) is 82.5 Å². The number of aromatic amines is 1. The van der Waals surface area contributed by atoms with E-state index in [-0.39, 0.29) is 18.1 Å². The molecule has 4 rings (SSSR count). The third kappa shape index (κ3) is 3.09. The van der Waals surface area contributed by atoms with E-state index < -0.39 is 0 Å². The zero-order valence-corrected chi connectivity index (χ0v) is 15.4. The fourth-order valence-electron chi connectivity index (χ4n) is 3.05. The molecule has 0 aliphatic heterocycles. The second-order valence-electron chi connectivity index (χ2n) is 6.32. The highest BCUT2D eigenvalue weighted by Crippen LogP contribution is 2.28. The predicted octanol–water partition coefficient (Wildman–Crippen LogP) is 2.93. The van der Waals surface area contributed by atoms with Crippen molar-refractivity contribution in [2.75, 3.05) is 7.11 Å².